The first-order valence-electron chi connectivity index (χ1n) is 6.14. The maximum Gasteiger partial charge on any atom is 0.224 e. The first kappa shape index (κ1) is 14.2. The van der Waals surface area contributed by atoms with Crippen LogP contribution in [-0.2, 0) is 6.42 Å². The SMILES string of the molecule is CCCc1cc(Cl)nc(NCCCCCO)n1. The van der Waals surface area contributed by atoms with Crippen LogP contribution in [0.4, 0.5) is 5.95 Å². The van der Waals surface area contributed by atoms with Gasteiger partial charge in [0.2, 0.25) is 5.95 Å². The zero-order chi connectivity index (χ0) is 12.5. The van der Waals surface area contributed by atoms with Crippen molar-refractivity contribution in [2.45, 2.75) is 39.0 Å². The lowest BCUT2D eigenvalue weighted by Crippen LogP contribution is -2.07. The molecule has 5 heteroatoms. The topological polar surface area (TPSA) is 58.0 Å². The normalized spacial score (nSPS) is 10.5. The number of halogens is 1. The summed E-state index contributed by atoms with van der Waals surface area (Å²) >= 11 is 5.92. The van der Waals surface area contributed by atoms with Crippen LogP contribution in [0.3, 0.4) is 0 Å². The summed E-state index contributed by atoms with van der Waals surface area (Å²) in [7, 11) is 0. The molecule has 0 fully saturated rings. The van der Waals surface area contributed by atoms with Crippen LogP contribution >= 0.6 is 11.6 Å². The van der Waals surface area contributed by atoms with Gasteiger partial charge in [0.15, 0.2) is 0 Å². The number of nitrogens with one attached hydrogen (secondary N) is 1. The lowest BCUT2D eigenvalue weighted by atomic mass is 10.2. The molecular weight excluding hydrogens is 238 g/mol. The molecule has 0 aliphatic carbocycles. The third-order valence-corrected chi connectivity index (χ3v) is 2.57. The summed E-state index contributed by atoms with van der Waals surface area (Å²) in [4.78, 5) is 8.51. The van der Waals surface area contributed by atoms with Crippen molar-refractivity contribution in [3.8, 4) is 0 Å². The lowest BCUT2D eigenvalue weighted by Gasteiger charge is -2.06. The van der Waals surface area contributed by atoms with Crippen molar-refractivity contribution in [3.05, 3.63) is 16.9 Å². The minimum absolute atomic E-state index is 0.258. The van der Waals surface area contributed by atoms with Crippen LogP contribution < -0.4 is 5.32 Å². The van der Waals surface area contributed by atoms with Gasteiger partial charge in [-0.1, -0.05) is 24.9 Å². The van der Waals surface area contributed by atoms with Gasteiger partial charge in [0.25, 0.3) is 0 Å². The van der Waals surface area contributed by atoms with Gasteiger partial charge in [-0.15, -0.1) is 0 Å². The number of unbranched alkanes of at least 4 members (excludes halogenated alkanes) is 2. The van der Waals surface area contributed by atoms with Crippen molar-refractivity contribution in [2.75, 3.05) is 18.5 Å². The average molecular weight is 258 g/mol. The molecule has 0 aliphatic heterocycles. The summed E-state index contributed by atoms with van der Waals surface area (Å²) in [6.45, 7) is 3.18. The van der Waals surface area contributed by atoms with E-state index in [4.69, 9.17) is 16.7 Å². The van der Waals surface area contributed by atoms with Gasteiger partial charge in [-0.3, -0.25) is 0 Å². The molecule has 1 aromatic heterocycles. The van der Waals surface area contributed by atoms with Crippen LogP contribution in [0, 0.1) is 0 Å². The maximum absolute atomic E-state index is 8.65. The summed E-state index contributed by atoms with van der Waals surface area (Å²) in [6.07, 6.45) is 4.81. The maximum atomic E-state index is 8.65. The quantitative estimate of drug-likeness (QED) is 0.555. The van der Waals surface area contributed by atoms with Gasteiger partial charge < -0.3 is 10.4 Å². The van der Waals surface area contributed by atoms with E-state index in [2.05, 4.69) is 22.2 Å². The number of hydrogen-bond acceptors (Lipinski definition) is 4. The number of nitrogens with zero attached hydrogens (tertiary/aromatic N) is 2. The zero-order valence-corrected chi connectivity index (χ0v) is 11.0. The standard InChI is InChI=1S/C12H20ClN3O/c1-2-6-10-9-11(13)16-12(15-10)14-7-4-3-5-8-17/h9,17H,2-8H2,1H3,(H,14,15,16). The van der Waals surface area contributed by atoms with Crippen LogP contribution in [0.15, 0.2) is 6.07 Å². The molecule has 0 unspecified atom stereocenters. The van der Waals surface area contributed by atoms with Crippen molar-refractivity contribution < 1.29 is 5.11 Å². The highest BCUT2D eigenvalue weighted by atomic mass is 35.5. The predicted molar refractivity (Wildman–Crippen MR) is 70.5 cm³/mol. The molecule has 1 rings (SSSR count). The number of aliphatic hydroxyl groups is 1. The highest BCUT2D eigenvalue weighted by Gasteiger charge is 2.02. The largest absolute Gasteiger partial charge is 0.396 e. The van der Waals surface area contributed by atoms with Crippen LogP contribution in [0.2, 0.25) is 5.15 Å². The Morgan fingerprint density at radius 3 is 2.82 bits per heavy atom. The molecule has 0 amide bonds. The average Bonchev–Trinajstić information content (AvgIpc) is 2.28. The van der Waals surface area contributed by atoms with E-state index in [9.17, 15) is 0 Å². The monoisotopic (exact) mass is 257 g/mol. The zero-order valence-electron chi connectivity index (χ0n) is 10.2. The molecule has 0 radical (unpaired) electrons. The molecule has 2 N–H and O–H groups in total. The van der Waals surface area contributed by atoms with E-state index in [1.807, 2.05) is 6.07 Å². The smallest absolute Gasteiger partial charge is 0.224 e. The summed E-state index contributed by atoms with van der Waals surface area (Å²) in [5.41, 5.74) is 0.977. The van der Waals surface area contributed by atoms with Gasteiger partial charge in [0, 0.05) is 18.8 Å². The van der Waals surface area contributed by atoms with Gasteiger partial charge in [-0.25, -0.2) is 9.97 Å². The van der Waals surface area contributed by atoms with Gasteiger partial charge in [0.05, 0.1) is 0 Å². The van der Waals surface area contributed by atoms with Crippen LogP contribution in [0.5, 0.6) is 0 Å². The predicted octanol–water partition coefficient (Wildman–Crippen LogP) is 2.66. The molecule has 0 aliphatic rings. The number of aryl methyl sites for hydroxylation is 1. The Kier molecular flexibility index (Phi) is 6.89. The molecule has 0 atom stereocenters. The summed E-state index contributed by atoms with van der Waals surface area (Å²) < 4.78 is 0. The van der Waals surface area contributed by atoms with Gasteiger partial charge >= 0.3 is 0 Å². The van der Waals surface area contributed by atoms with E-state index in [-0.39, 0.29) is 6.61 Å². The van der Waals surface area contributed by atoms with E-state index in [1.165, 1.54) is 0 Å². The molecule has 4 nitrogen and oxygen atoms in total. The number of anilines is 1. The highest BCUT2D eigenvalue weighted by molar-refractivity contribution is 6.29. The molecule has 17 heavy (non-hydrogen) atoms. The number of hydrogen-bond donors (Lipinski definition) is 2. The first-order chi connectivity index (χ1) is 8.26. The number of aliphatic hydroxyl groups excluding tert-OH is 1. The van der Waals surface area contributed by atoms with E-state index in [0.717, 1.165) is 44.3 Å². The minimum Gasteiger partial charge on any atom is -0.396 e. The fourth-order valence-corrected chi connectivity index (χ4v) is 1.75. The number of rotatable bonds is 8. The summed E-state index contributed by atoms with van der Waals surface area (Å²) in [5.74, 6) is 0.602. The van der Waals surface area contributed by atoms with Crippen molar-refractivity contribution in [1.82, 2.24) is 9.97 Å². The first-order valence-corrected chi connectivity index (χ1v) is 6.52. The van der Waals surface area contributed by atoms with Crippen molar-refractivity contribution in [1.29, 1.82) is 0 Å². The Balaban J connectivity index is 2.41. The second-order valence-electron chi connectivity index (χ2n) is 3.97. The summed E-state index contributed by atoms with van der Waals surface area (Å²) in [5, 5.41) is 12.3. The lowest BCUT2D eigenvalue weighted by molar-refractivity contribution is 0.283. The Labute approximate surface area is 107 Å². The van der Waals surface area contributed by atoms with Crippen LogP contribution in [-0.4, -0.2) is 28.2 Å². The fourth-order valence-electron chi connectivity index (χ4n) is 1.54. The second-order valence-corrected chi connectivity index (χ2v) is 4.35. The third-order valence-electron chi connectivity index (χ3n) is 2.37. The van der Waals surface area contributed by atoms with E-state index < -0.39 is 0 Å². The third kappa shape index (κ3) is 5.84. The fraction of sp³-hybridized carbons (Fsp3) is 0.667. The van der Waals surface area contributed by atoms with Crippen molar-refractivity contribution in [2.24, 2.45) is 0 Å². The van der Waals surface area contributed by atoms with Crippen LogP contribution in [0.1, 0.15) is 38.3 Å². The van der Waals surface area contributed by atoms with Gasteiger partial charge in [-0.2, -0.15) is 0 Å². The molecular formula is C12H20ClN3O. The Hall–Kier alpha value is -0.870. The molecule has 1 aromatic rings. The molecule has 96 valence electrons. The van der Waals surface area contributed by atoms with Crippen molar-refractivity contribution >= 4 is 17.5 Å². The second kappa shape index (κ2) is 8.25. The van der Waals surface area contributed by atoms with Gasteiger partial charge in [-0.05, 0) is 31.7 Å². The molecule has 0 aromatic carbocycles. The molecule has 0 spiro atoms. The molecule has 0 bridgehead atoms. The molecule has 1 heterocycles. The highest BCUT2D eigenvalue weighted by Crippen LogP contribution is 2.12. The van der Waals surface area contributed by atoms with Crippen LogP contribution in [0.25, 0.3) is 0 Å². The van der Waals surface area contributed by atoms with E-state index >= 15 is 0 Å². The summed E-state index contributed by atoms with van der Waals surface area (Å²) in [6, 6.07) is 1.81. The van der Waals surface area contributed by atoms with E-state index in [1.54, 1.807) is 0 Å². The Morgan fingerprint density at radius 2 is 2.12 bits per heavy atom. The Bertz CT molecular complexity index is 334. The molecule has 0 saturated carbocycles. The van der Waals surface area contributed by atoms with Gasteiger partial charge in [0.1, 0.15) is 5.15 Å². The number of aromatic nitrogens is 2. The molecule has 0 saturated heterocycles. The van der Waals surface area contributed by atoms with Crippen molar-refractivity contribution in [3.63, 3.8) is 0 Å². The minimum atomic E-state index is 0.258. The Morgan fingerprint density at radius 1 is 1.29 bits per heavy atom. The van der Waals surface area contributed by atoms with E-state index in [0.29, 0.717) is 11.1 Å².